The van der Waals surface area contributed by atoms with Gasteiger partial charge >= 0.3 is 0 Å². The molecule has 0 saturated carbocycles. The van der Waals surface area contributed by atoms with E-state index in [-0.39, 0.29) is 0 Å². The minimum Gasteiger partial charge on any atom is -0.454 e. The summed E-state index contributed by atoms with van der Waals surface area (Å²) in [6.07, 6.45) is 0. The molecule has 0 atom stereocenters. The molecule has 0 fully saturated rings. The standard InChI is InChI=1S/C75H48N2O2/c1-45-19-3-13-31-65(45)76(67-33-17-27-58-54-24-9-15-35-69(54)78-73(58)67)49-38-37-47-42-61-64(43-48(47)41-49)75(62-29-11-7-22-52(62)53-23-8-12-30-63(53)75)72-57-40-39-50(44-60(57)51-21-5-6-26-56(51)71(61)72)77(66-32-14-4-20-46(66)2)68-34-18-28-59-55-25-10-16-36-70(55)79-74(59)68/h3-44H,1-2H3. The second-order valence-electron chi connectivity index (χ2n) is 21.5. The molecule has 0 unspecified atom stereocenters. The molecule has 0 amide bonds. The highest BCUT2D eigenvalue weighted by atomic mass is 16.3. The first-order valence-corrected chi connectivity index (χ1v) is 27.3. The van der Waals surface area contributed by atoms with Crippen molar-refractivity contribution in [1.82, 2.24) is 0 Å². The van der Waals surface area contributed by atoms with E-state index in [1.165, 1.54) is 88.0 Å². The molecule has 2 aliphatic rings. The highest BCUT2D eigenvalue weighted by Gasteiger charge is 2.53. The second-order valence-corrected chi connectivity index (χ2v) is 21.5. The Morgan fingerprint density at radius 3 is 1.39 bits per heavy atom. The average molecular weight is 1010 g/mol. The van der Waals surface area contributed by atoms with E-state index in [0.717, 1.165) is 78.0 Å². The predicted molar refractivity (Wildman–Crippen MR) is 329 cm³/mol. The molecule has 17 rings (SSSR count). The smallest absolute Gasteiger partial charge is 0.159 e. The van der Waals surface area contributed by atoms with Crippen LogP contribution in [0.15, 0.2) is 264 Å². The zero-order chi connectivity index (χ0) is 52.1. The minimum atomic E-state index is -0.642. The molecule has 1 spiro atoms. The lowest BCUT2D eigenvalue weighted by Gasteiger charge is -2.32. The van der Waals surface area contributed by atoms with Gasteiger partial charge < -0.3 is 18.6 Å². The first-order chi connectivity index (χ1) is 39.0. The van der Waals surface area contributed by atoms with E-state index in [4.69, 9.17) is 8.83 Å². The Labute approximate surface area is 456 Å². The third kappa shape index (κ3) is 6.03. The number of hydrogen-bond acceptors (Lipinski definition) is 4. The fourth-order valence-electron chi connectivity index (χ4n) is 14.1. The van der Waals surface area contributed by atoms with E-state index in [1.54, 1.807) is 0 Å². The first-order valence-electron chi connectivity index (χ1n) is 27.3. The summed E-state index contributed by atoms with van der Waals surface area (Å²) in [5, 5.41) is 11.7. The number of rotatable bonds is 6. The van der Waals surface area contributed by atoms with Crippen molar-refractivity contribution in [3.63, 3.8) is 0 Å². The van der Waals surface area contributed by atoms with Crippen LogP contribution in [-0.2, 0) is 5.41 Å². The lowest BCUT2D eigenvalue weighted by atomic mass is 9.69. The van der Waals surface area contributed by atoms with Crippen molar-refractivity contribution in [1.29, 1.82) is 0 Å². The third-order valence-corrected chi connectivity index (χ3v) is 17.4. The molecule has 4 nitrogen and oxygen atoms in total. The van der Waals surface area contributed by atoms with Crippen LogP contribution in [0.5, 0.6) is 0 Å². The quantitative estimate of drug-likeness (QED) is 0.155. The number of benzene rings is 13. The van der Waals surface area contributed by atoms with E-state index in [2.05, 4.69) is 266 Å². The molecule has 2 aromatic heterocycles. The predicted octanol–water partition coefficient (Wildman–Crippen LogP) is 20.8. The van der Waals surface area contributed by atoms with Gasteiger partial charge in [-0.3, -0.25) is 0 Å². The Morgan fingerprint density at radius 2 is 0.785 bits per heavy atom. The number of nitrogens with zero attached hydrogens (tertiary/aromatic N) is 2. The molecule has 79 heavy (non-hydrogen) atoms. The molecule has 15 aromatic rings. The normalized spacial score (nSPS) is 13.0. The van der Waals surface area contributed by atoms with Crippen LogP contribution in [0.25, 0.3) is 98.4 Å². The molecule has 0 aliphatic heterocycles. The largest absolute Gasteiger partial charge is 0.454 e. The third-order valence-electron chi connectivity index (χ3n) is 17.4. The molecular weight excluding hydrogens is 961 g/mol. The minimum absolute atomic E-state index is 0.642. The Bertz CT molecular complexity index is 5050. The van der Waals surface area contributed by atoms with E-state index >= 15 is 0 Å². The fraction of sp³-hybridized carbons (Fsp3) is 0.0400. The zero-order valence-electron chi connectivity index (χ0n) is 43.5. The Balaban J connectivity index is 0.942. The lowest BCUT2D eigenvalue weighted by molar-refractivity contribution is 0.668. The fourth-order valence-corrected chi connectivity index (χ4v) is 14.1. The van der Waals surface area contributed by atoms with Gasteiger partial charge in [0.1, 0.15) is 11.2 Å². The lowest BCUT2D eigenvalue weighted by Crippen LogP contribution is -2.26. The monoisotopic (exact) mass is 1010 g/mol. The van der Waals surface area contributed by atoms with Gasteiger partial charge in [-0.05, 0) is 175 Å². The molecular formula is C75H48N2O2. The van der Waals surface area contributed by atoms with Crippen molar-refractivity contribution in [2.45, 2.75) is 19.3 Å². The highest BCUT2D eigenvalue weighted by Crippen LogP contribution is 2.66. The molecule has 0 saturated heterocycles. The van der Waals surface area contributed by atoms with Gasteiger partial charge in [0.25, 0.3) is 0 Å². The van der Waals surface area contributed by atoms with Crippen molar-refractivity contribution in [3.05, 3.63) is 288 Å². The Morgan fingerprint density at radius 1 is 0.304 bits per heavy atom. The summed E-state index contributed by atoms with van der Waals surface area (Å²) in [5.74, 6) is 0. The zero-order valence-corrected chi connectivity index (χ0v) is 43.5. The van der Waals surface area contributed by atoms with Crippen LogP contribution in [0, 0.1) is 13.8 Å². The van der Waals surface area contributed by atoms with Gasteiger partial charge in [0, 0.05) is 44.3 Å². The molecule has 0 radical (unpaired) electrons. The summed E-state index contributed by atoms with van der Waals surface area (Å²) in [6.45, 7) is 4.40. The topological polar surface area (TPSA) is 32.8 Å². The van der Waals surface area contributed by atoms with Crippen LogP contribution in [0.2, 0.25) is 0 Å². The number of aryl methyl sites for hydroxylation is 2. The summed E-state index contributed by atoms with van der Waals surface area (Å²) in [7, 11) is 0. The van der Waals surface area contributed by atoms with Crippen LogP contribution in [0.4, 0.5) is 34.1 Å². The number of furan rings is 2. The maximum absolute atomic E-state index is 6.81. The molecule has 370 valence electrons. The number of fused-ring (bicyclic) bond motifs is 22. The maximum atomic E-state index is 6.81. The van der Waals surface area contributed by atoms with Crippen molar-refractivity contribution in [2.24, 2.45) is 0 Å². The van der Waals surface area contributed by atoms with Gasteiger partial charge in [-0.15, -0.1) is 0 Å². The van der Waals surface area contributed by atoms with Crippen molar-refractivity contribution in [3.8, 4) is 22.3 Å². The van der Waals surface area contributed by atoms with E-state index in [1.807, 2.05) is 12.1 Å². The summed E-state index contributed by atoms with van der Waals surface area (Å²) in [4.78, 5) is 4.80. The molecule has 2 aliphatic carbocycles. The Kier molecular flexibility index (Phi) is 9.15. The van der Waals surface area contributed by atoms with Crippen molar-refractivity contribution < 1.29 is 8.83 Å². The SMILES string of the molecule is Cc1ccccc1N(c1ccc2cc3c(cc2c1)C1(c2ccccc2-c2ccccc21)c1c-3c2ccccc2c2cc(N(c3ccccc3C)c3cccc4c3oc3ccccc34)ccc12)c1cccc2c1oc1ccccc12. The van der Waals surface area contributed by atoms with Gasteiger partial charge in [-0.25, -0.2) is 0 Å². The van der Waals surface area contributed by atoms with Crippen LogP contribution >= 0.6 is 0 Å². The van der Waals surface area contributed by atoms with Gasteiger partial charge in [0.2, 0.25) is 0 Å². The van der Waals surface area contributed by atoms with E-state index in [0.29, 0.717) is 0 Å². The van der Waals surface area contributed by atoms with Crippen LogP contribution < -0.4 is 9.80 Å². The average Bonchev–Trinajstić information content (AvgIpc) is 2.29. The molecule has 4 heteroatoms. The van der Waals surface area contributed by atoms with Crippen LogP contribution in [0.3, 0.4) is 0 Å². The van der Waals surface area contributed by atoms with E-state index < -0.39 is 5.41 Å². The maximum Gasteiger partial charge on any atom is 0.159 e. The number of para-hydroxylation sites is 6. The van der Waals surface area contributed by atoms with Crippen LogP contribution in [-0.4, -0.2) is 0 Å². The first kappa shape index (κ1) is 44.0. The summed E-state index contributed by atoms with van der Waals surface area (Å²) in [6, 6.07) is 93.9. The van der Waals surface area contributed by atoms with Gasteiger partial charge in [0.05, 0.1) is 16.8 Å². The second kappa shape index (κ2) is 16.4. The molecule has 0 bridgehead atoms. The van der Waals surface area contributed by atoms with E-state index in [9.17, 15) is 0 Å². The van der Waals surface area contributed by atoms with Gasteiger partial charge in [0.15, 0.2) is 11.2 Å². The molecule has 13 aromatic carbocycles. The molecule has 0 N–H and O–H groups in total. The summed E-state index contributed by atoms with van der Waals surface area (Å²) >= 11 is 0. The number of anilines is 6. The highest BCUT2D eigenvalue weighted by molar-refractivity contribution is 6.22. The summed E-state index contributed by atoms with van der Waals surface area (Å²) < 4.78 is 13.6. The Hall–Kier alpha value is -10.2. The van der Waals surface area contributed by atoms with Crippen molar-refractivity contribution in [2.75, 3.05) is 9.80 Å². The van der Waals surface area contributed by atoms with Gasteiger partial charge in [-0.1, -0.05) is 182 Å². The number of hydrogen-bond donors (Lipinski definition) is 0. The van der Waals surface area contributed by atoms with Gasteiger partial charge in [-0.2, -0.15) is 0 Å². The molecule has 2 heterocycles. The van der Waals surface area contributed by atoms with Crippen molar-refractivity contribution >= 4 is 110 Å². The summed E-state index contributed by atoms with van der Waals surface area (Å²) in [5.41, 5.74) is 21.9. The van der Waals surface area contributed by atoms with Crippen LogP contribution in [0.1, 0.15) is 33.4 Å².